The highest BCUT2D eigenvalue weighted by atomic mass is 35.5. The number of amides is 3. The SMILES string of the molecule is C[C@H](NN(C(=O)c1ccc(N(C)C)cc1)C(=O)c1ccc(C(=O)NCc2cccc(O)c2)cc1Cl)C(=O)O. The van der Waals surface area contributed by atoms with Gasteiger partial charge in [0, 0.05) is 37.5 Å². The average Bonchev–Trinajstić information content (AvgIpc) is 2.89. The number of rotatable bonds is 9. The van der Waals surface area contributed by atoms with E-state index in [2.05, 4.69) is 10.7 Å². The Hall–Kier alpha value is -4.41. The van der Waals surface area contributed by atoms with Crippen LogP contribution in [0.5, 0.6) is 5.75 Å². The van der Waals surface area contributed by atoms with E-state index >= 15 is 0 Å². The summed E-state index contributed by atoms with van der Waals surface area (Å²) in [6.45, 7) is 1.43. The van der Waals surface area contributed by atoms with Crippen molar-refractivity contribution >= 4 is 41.0 Å². The molecule has 0 fully saturated rings. The fourth-order valence-corrected chi connectivity index (χ4v) is 3.65. The molecular formula is C27H27ClN4O6. The van der Waals surface area contributed by atoms with Crippen LogP contribution in [0.4, 0.5) is 5.69 Å². The molecule has 4 N–H and O–H groups in total. The van der Waals surface area contributed by atoms with Crippen molar-refractivity contribution in [2.24, 2.45) is 0 Å². The monoisotopic (exact) mass is 538 g/mol. The molecule has 11 heteroatoms. The van der Waals surface area contributed by atoms with Crippen LogP contribution >= 0.6 is 11.6 Å². The molecule has 0 aliphatic carbocycles. The van der Waals surface area contributed by atoms with Crippen molar-refractivity contribution in [3.8, 4) is 5.75 Å². The van der Waals surface area contributed by atoms with Crippen molar-refractivity contribution in [3.63, 3.8) is 0 Å². The number of carbonyl (C=O) groups is 4. The molecule has 0 unspecified atom stereocenters. The number of phenols is 1. The average molecular weight is 539 g/mol. The summed E-state index contributed by atoms with van der Waals surface area (Å²) in [5.41, 5.74) is 4.13. The number of nitrogens with one attached hydrogen (secondary N) is 2. The summed E-state index contributed by atoms with van der Waals surface area (Å²) in [7, 11) is 3.67. The third kappa shape index (κ3) is 6.87. The van der Waals surface area contributed by atoms with Crippen molar-refractivity contribution in [3.05, 3.63) is 94.0 Å². The Bertz CT molecular complexity index is 1360. The molecule has 0 radical (unpaired) electrons. The molecule has 198 valence electrons. The van der Waals surface area contributed by atoms with Gasteiger partial charge in [0.2, 0.25) is 0 Å². The molecule has 0 bridgehead atoms. The molecular weight excluding hydrogens is 512 g/mol. The van der Waals surface area contributed by atoms with E-state index in [0.29, 0.717) is 10.6 Å². The summed E-state index contributed by atoms with van der Waals surface area (Å²) in [5, 5.41) is 22.1. The van der Waals surface area contributed by atoms with E-state index in [1.165, 1.54) is 49.4 Å². The lowest BCUT2D eigenvalue weighted by molar-refractivity contribution is -0.139. The van der Waals surface area contributed by atoms with E-state index < -0.39 is 29.7 Å². The van der Waals surface area contributed by atoms with Gasteiger partial charge in [-0.05, 0) is 67.1 Å². The lowest BCUT2D eigenvalue weighted by Crippen LogP contribution is -2.53. The summed E-state index contributed by atoms with van der Waals surface area (Å²) in [5.74, 6) is -3.35. The molecule has 1 atom stereocenters. The Kier molecular flexibility index (Phi) is 9.06. The Morgan fingerprint density at radius 2 is 1.58 bits per heavy atom. The number of carbonyl (C=O) groups excluding carboxylic acids is 3. The first-order chi connectivity index (χ1) is 18.0. The van der Waals surface area contributed by atoms with Gasteiger partial charge in [0.05, 0.1) is 10.6 Å². The molecule has 38 heavy (non-hydrogen) atoms. The number of carboxylic acids is 1. The van der Waals surface area contributed by atoms with Crippen LogP contribution in [0.3, 0.4) is 0 Å². The van der Waals surface area contributed by atoms with Crippen LogP contribution in [0.25, 0.3) is 0 Å². The van der Waals surface area contributed by atoms with Gasteiger partial charge in [-0.15, -0.1) is 0 Å². The minimum atomic E-state index is -1.27. The van der Waals surface area contributed by atoms with Gasteiger partial charge in [-0.25, -0.2) is 10.4 Å². The standard InChI is InChI=1S/C27H27ClN4O6/c1-16(27(37)38)30-32(25(35)18-7-10-20(11-8-18)31(2)3)26(36)22-12-9-19(14-23(22)28)24(34)29-15-17-5-4-6-21(33)13-17/h4-14,16,30,33H,15H2,1-3H3,(H,29,34)(H,37,38)/t16-/m0/s1. The van der Waals surface area contributed by atoms with Crippen LogP contribution in [0, 0.1) is 0 Å². The van der Waals surface area contributed by atoms with Crippen molar-refractivity contribution in [1.82, 2.24) is 15.8 Å². The predicted molar refractivity (Wildman–Crippen MR) is 142 cm³/mol. The summed E-state index contributed by atoms with van der Waals surface area (Å²) in [6.07, 6.45) is 0. The number of anilines is 1. The van der Waals surface area contributed by atoms with E-state index in [1.54, 1.807) is 24.3 Å². The summed E-state index contributed by atoms with van der Waals surface area (Å²) in [6, 6.07) is 15.5. The largest absolute Gasteiger partial charge is 0.508 e. The molecule has 0 saturated heterocycles. The highest BCUT2D eigenvalue weighted by molar-refractivity contribution is 6.34. The first-order valence-corrected chi connectivity index (χ1v) is 11.9. The Morgan fingerprint density at radius 3 is 2.16 bits per heavy atom. The lowest BCUT2D eigenvalue weighted by atomic mass is 10.1. The summed E-state index contributed by atoms with van der Waals surface area (Å²) < 4.78 is 0. The van der Waals surface area contributed by atoms with E-state index in [9.17, 15) is 29.4 Å². The zero-order valence-electron chi connectivity index (χ0n) is 20.9. The number of phenolic OH excluding ortho intramolecular Hbond substituents is 1. The summed E-state index contributed by atoms with van der Waals surface area (Å²) in [4.78, 5) is 52.5. The number of aliphatic carboxylic acids is 1. The molecule has 0 heterocycles. The molecule has 0 aliphatic rings. The van der Waals surface area contributed by atoms with E-state index in [1.807, 2.05) is 19.0 Å². The van der Waals surface area contributed by atoms with Crippen LogP contribution in [0.2, 0.25) is 5.02 Å². The van der Waals surface area contributed by atoms with Gasteiger partial charge in [-0.1, -0.05) is 23.7 Å². The predicted octanol–water partition coefficient (Wildman–Crippen LogP) is 3.30. The Labute approximate surface area is 224 Å². The van der Waals surface area contributed by atoms with Crippen molar-refractivity contribution in [2.75, 3.05) is 19.0 Å². The van der Waals surface area contributed by atoms with E-state index in [0.717, 1.165) is 5.69 Å². The molecule has 0 spiro atoms. The first-order valence-electron chi connectivity index (χ1n) is 11.5. The topological polar surface area (TPSA) is 139 Å². The van der Waals surface area contributed by atoms with Gasteiger partial charge < -0.3 is 20.4 Å². The number of hydrazine groups is 1. The number of hydrogen-bond acceptors (Lipinski definition) is 7. The highest BCUT2D eigenvalue weighted by Gasteiger charge is 2.29. The van der Waals surface area contributed by atoms with Crippen molar-refractivity contribution < 1.29 is 29.4 Å². The number of imide groups is 1. The number of hydrogen-bond donors (Lipinski definition) is 4. The van der Waals surface area contributed by atoms with E-state index in [4.69, 9.17) is 11.6 Å². The smallest absolute Gasteiger partial charge is 0.322 e. The molecule has 3 aromatic carbocycles. The second-order valence-corrected chi connectivity index (χ2v) is 9.03. The van der Waals surface area contributed by atoms with Gasteiger partial charge >= 0.3 is 5.97 Å². The van der Waals surface area contributed by atoms with Crippen LogP contribution in [0.1, 0.15) is 43.6 Å². The van der Waals surface area contributed by atoms with Crippen LogP contribution in [0.15, 0.2) is 66.7 Å². The van der Waals surface area contributed by atoms with Crippen LogP contribution < -0.4 is 15.6 Å². The van der Waals surface area contributed by atoms with E-state index in [-0.39, 0.29) is 34.0 Å². The third-order valence-corrected chi connectivity index (χ3v) is 5.87. The number of benzene rings is 3. The molecule has 3 amide bonds. The Morgan fingerprint density at radius 1 is 0.921 bits per heavy atom. The van der Waals surface area contributed by atoms with Crippen LogP contribution in [-0.4, -0.2) is 59.0 Å². The number of carboxylic acid groups (broad SMARTS) is 1. The van der Waals surface area contributed by atoms with Gasteiger partial charge in [0.1, 0.15) is 11.8 Å². The Balaban J connectivity index is 1.83. The minimum Gasteiger partial charge on any atom is -0.508 e. The second-order valence-electron chi connectivity index (χ2n) is 8.62. The molecule has 3 rings (SSSR count). The van der Waals surface area contributed by atoms with Crippen molar-refractivity contribution in [1.29, 1.82) is 0 Å². The first kappa shape index (κ1) is 28.2. The minimum absolute atomic E-state index is 0.0706. The summed E-state index contributed by atoms with van der Waals surface area (Å²) >= 11 is 6.33. The third-order valence-electron chi connectivity index (χ3n) is 5.56. The fourth-order valence-electron chi connectivity index (χ4n) is 3.39. The molecule has 0 aliphatic heterocycles. The van der Waals surface area contributed by atoms with Crippen LogP contribution in [-0.2, 0) is 11.3 Å². The van der Waals surface area contributed by atoms with Gasteiger partial charge in [0.25, 0.3) is 17.7 Å². The lowest BCUT2D eigenvalue weighted by Gasteiger charge is -2.24. The van der Waals surface area contributed by atoms with Gasteiger partial charge in [-0.3, -0.25) is 19.2 Å². The zero-order chi connectivity index (χ0) is 28.0. The second kappa shape index (κ2) is 12.2. The normalized spacial score (nSPS) is 11.4. The molecule has 10 nitrogen and oxygen atoms in total. The maximum absolute atomic E-state index is 13.4. The molecule has 3 aromatic rings. The maximum Gasteiger partial charge on any atom is 0.322 e. The quantitative estimate of drug-likeness (QED) is 0.240. The number of aromatic hydroxyl groups is 1. The number of nitrogens with zero attached hydrogens (tertiary/aromatic N) is 2. The van der Waals surface area contributed by atoms with Crippen molar-refractivity contribution in [2.45, 2.75) is 19.5 Å². The highest BCUT2D eigenvalue weighted by Crippen LogP contribution is 2.22. The van der Waals surface area contributed by atoms with Gasteiger partial charge in [-0.2, -0.15) is 0 Å². The molecule has 0 aromatic heterocycles. The number of halogens is 1. The van der Waals surface area contributed by atoms with Gasteiger partial charge in [0.15, 0.2) is 0 Å². The fraction of sp³-hybridized carbons (Fsp3) is 0.185. The molecule has 0 saturated carbocycles. The zero-order valence-corrected chi connectivity index (χ0v) is 21.7. The maximum atomic E-state index is 13.4.